The summed E-state index contributed by atoms with van der Waals surface area (Å²) < 4.78 is 10.2. The predicted octanol–water partition coefficient (Wildman–Crippen LogP) is 1.04. The molecule has 0 aromatic heterocycles. The molecule has 0 amide bonds. The SMILES string of the molecule is COC(=O)c1cc(C)cc(B(O)OC(C)(C)C(C)(C)O)c1. The number of methoxy groups -OCH3 is 1. The lowest BCUT2D eigenvalue weighted by molar-refractivity contribution is -0.0982. The lowest BCUT2D eigenvalue weighted by Crippen LogP contribution is -2.53. The maximum atomic E-state index is 11.6. The summed E-state index contributed by atoms with van der Waals surface area (Å²) in [4.78, 5) is 11.6. The van der Waals surface area contributed by atoms with Crippen LogP contribution < -0.4 is 5.46 Å². The van der Waals surface area contributed by atoms with Crippen LogP contribution in [0.15, 0.2) is 18.2 Å². The molecular weight excluding hydrogens is 271 g/mol. The van der Waals surface area contributed by atoms with E-state index in [-0.39, 0.29) is 0 Å². The van der Waals surface area contributed by atoms with Gasteiger partial charge >= 0.3 is 13.1 Å². The van der Waals surface area contributed by atoms with E-state index in [4.69, 9.17) is 4.65 Å². The summed E-state index contributed by atoms with van der Waals surface area (Å²) >= 11 is 0. The molecule has 0 saturated heterocycles. The first-order valence-electron chi connectivity index (χ1n) is 6.76. The molecule has 0 bridgehead atoms. The van der Waals surface area contributed by atoms with Gasteiger partial charge in [-0.05, 0) is 52.2 Å². The van der Waals surface area contributed by atoms with Crippen molar-refractivity contribution in [3.8, 4) is 0 Å². The zero-order valence-electron chi connectivity index (χ0n) is 13.4. The van der Waals surface area contributed by atoms with Crippen LogP contribution in [0.2, 0.25) is 0 Å². The highest BCUT2D eigenvalue weighted by atomic mass is 16.5. The van der Waals surface area contributed by atoms with Crippen LogP contribution in [0.1, 0.15) is 43.6 Å². The van der Waals surface area contributed by atoms with Gasteiger partial charge in [0.1, 0.15) is 0 Å². The van der Waals surface area contributed by atoms with Crippen molar-refractivity contribution in [2.75, 3.05) is 7.11 Å². The average Bonchev–Trinajstić information content (AvgIpc) is 2.35. The van der Waals surface area contributed by atoms with Crippen molar-refractivity contribution in [3.05, 3.63) is 29.3 Å². The van der Waals surface area contributed by atoms with Crippen LogP contribution in [-0.4, -0.2) is 41.5 Å². The molecule has 21 heavy (non-hydrogen) atoms. The number of hydrogen-bond donors (Lipinski definition) is 2. The lowest BCUT2D eigenvalue weighted by Gasteiger charge is -2.38. The van der Waals surface area contributed by atoms with Crippen molar-refractivity contribution in [1.29, 1.82) is 0 Å². The summed E-state index contributed by atoms with van der Waals surface area (Å²) in [5, 5.41) is 20.3. The van der Waals surface area contributed by atoms with E-state index < -0.39 is 24.3 Å². The van der Waals surface area contributed by atoms with Gasteiger partial charge < -0.3 is 19.5 Å². The van der Waals surface area contributed by atoms with Gasteiger partial charge in [0.25, 0.3) is 0 Å². The minimum atomic E-state index is -1.25. The topological polar surface area (TPSA) is 76.0 Å². The van der Waals surface area contributed by atoms with Crippen LogP contribution in [0.5, 0.6) is 0 Å². The molecule has 0 fully saturated rings. The number of carbonyl (C=O) groups is 1. The first-order chi connectivity index (χ1) is 9.48. The Bertz CT molecular complexity index is 519. The molecule has 0 saturated carbocycles. The molecule has 0 atom stereocenters. The molecule has 0 spiro atoms. The Morgan fingerprint density at radius 3 is 2.24 bits per heavy atom. The molecule has 0 aliphatic heterocycles. The molecule has 0 aliphatic carbocycles. The first-order valence-corrected chi connectivity index (χ1v) is 6.76. The maximum absolute atomic E-state index is 11.6. The molecule has 0 radical (unpaired) electrons. The van der Waals surface area contributed by atoms with Crippen LogP contribution in [0, 0.1) is 6.92 Å². The second-order valence-electron chi connectivity index (χ2n) is 6.16. The summed E-state index contributed by atoms with van der Waals surface area (Å²) in [6.45, 7) is 8.40. The van der Waals surface area contributed by atoms with Gasteiger partial charge in [-0.25, -0.2) is 4.79 Å². The smallest absolute Gasteiger partial charge is 0.465 e. The van der Waals surface area contributed by atoms with Gasteiger partial charge in [0.15, 0.2) is 0 Å². The number of ether oxygens (including phenoxy) is 1. The largest absolute Gasteiger partial charge is 0.491 e. The van der Waals surface area contributed by atoms with Crippen LogP contribution in [0.4, 0.5) is 0 Å². The van der Waals surface area contributed by atoms with E-state index >= 15 is 0 Å². The van der Waals surface area contributed by atoms with Gasteiger partial charge in [0.05, 0.1) is 23.9 Å². The molecule has 116 valence electrons. The van der Waals surface area contributed by atoms with Crippen molar-refractivity contribution in [2.45, 2.75) is 45.8 Å². The molecule has 0 heterocycles. The normalized spacial score (nSPS) is 12.2. The summed E-state index contributed by atoms with van der Waals surface area (Å²) in [5.74, 6) is -0.478. The Labute approximate surface area is 126 Å². The fraction of sp³-hybridized carbons (Fsp3) is 0.533. The van der Waals surface area contributed by atoms with Gasteiger partial charge in [-0.3, -0.25) is 0 Å². The third-order valence-corrected chi connectivity index (χ3v) is 3.69. The Morgan fingerprint density at radius 1 is 1.19 bits per heavy atom. The van der Waals surface area contributed by atoms with E-state index in [1.54, 1.807) is 39.8 Å². The molecule has 0 aliphatic rings. The molecule has 0 unspecified atom stereocenters. The van der Waals surface area contributed by atoms with Crippen LogP contribution in [0.3, 0.4) is 0 Å². The Morgan fingerprint density at radius 2 is 1.76 bits per heavy atom. The maximum Gasteiger partial charge on any atom is 0.491 e. The van der Waals surface area contributed by atoms with Crippen molar-refractivity contribution >= 4 is 18.6 Å². The molecule has 5 nitrogen and oxygen atoms in total. The Hall–Kier alpha value is -1.37. The fourth-order valence-corrected chi connectivity index (χ4v) is 1.68. The highest BCUT2D eigenvalue weighted by Gasteiger charge is 2.39. The lowest BCUT2D eigenvalue weighted by atomic mass is 9.75. The number of benzene rings is 1. The average molecular weight is 294 g/mol. The van der Waals surface area contributed by atoms with Crippen LogP contribution in [0.25, 0.3) is 0 Å². The fourth-order valence-electron chi connectivity index (χ4n) is 1.68. The minimum absolute atomic E-state index is 0.344. The third-order valence-electron chi connectivity index (χ3n) is 3.69. The number of aliphatic hydroxyl groups is 1. The monoisotopic (exact) mass is 294 g/mol. The Kier molecular flexibility index (Phi) is 5.20. The first kappa shape index (κ1) is 17.7. The number of rotatable bonds is 5. The molecular formula is C15H23BO5. The van der Waals surface area contributed by atoms with Crippen molar-refractivity contribution in [3.63, 3.8) is 0 Å². The second kappa shape index (κ2) is 6.18. The quantitative estimate of drug-likeness (QED) is 0.627. The van der Waals surface area contributed by atoms with E-state index in [2.05, 4.69) is 4.74 Å². The van der Waals surface area contributed by atoms with Crippen molar-refractivity contribution in [1.82, 2.24) is 0 Å². The Balaban J connectivity index is 3.06. The van der Waals surface area contributed by atoms with E-state index in [1.807, 2.05) is 6.92 Å². The third kappa shape index (κ3) is 4.30. The standard InChI is InChI=1S/C15H23BO5/c1-10-7-11(13(17)20-6)9-12(8-10)16(19)21-15(4,5)14(2,3)18/h7-9,18-19H,1-6H3. The van der Waals surface area contributed by atoms with E-state index in [1.165, 1.54) is 13.2 Å². The second-order valence-corrected chi connectivity index (χ2v) is 6.16. The highest BCUT2D eigenvalue weighted by Crippen LogP contribution is 2.25. The molecule has 1 aromatic rings. The number of aryl methyl sites for hydroxylation is 1. The zero-order valence-corrected chi connectivity index (χ0v) is 13.4. The van der Waals surface area contributed by atoms with E-state index in [0.717, 1.165) is 5.56 Å². The van der Waals surface area contributed by atoms with Crippen LogP contribution >= 0.6 is 0 Å². The zero-order chi connectivity index (χ0) is 16.4. The van der Waals surface area contributed by atoms with Gasteiger partial charge in [0, 0.05) is 0 Å². The van der Waals surface area contributed by atoms with Crippen molar-refractivity contribution < 1.29 is 24.3 Å². The number of carbonyl (C=O) groups excluding carboxylic acids is 1. The highest BCUT2D eigenvalue weighted by molar-refractivity contribution is 6.60. The molecule has 2 N–H and O–H groups in total. The van der Waals surface area contributed by atoms with Gasteiger partial charge in [0.2, 0.25) is 0 Å². The summed E-state index contributed by atoms with van der Waals surface area (Å²) in [5.41, 5.74) is -0.523. The summed E-state index contributed by atoms with van der Waals surface area (Å²) in [6, 6.07) is 4.91. The van der Waals surface area contributed by atoms with Gasteiger partial charge in [-0.15, -0.1) is 0 Å². The molecule has 1 aromatic carbocycles. The molecule has 1 rings (SSSR count). The van der Waals surface area contributed by atoms with E-state index in [0.29, 0.717) is 11.0 Å². The number of esters is 1. The van der Waals surface area contributed by atoms with Gasteiger partial charge in [-0.2, -0.15) is 0 Å². The molecule has 6 heteroatoms. The predicted molar refractivity (Wildman–Crippen MR) is 81.6 cm³/mol. The summed E-state index contributed by atoms with van der Waals surface area (Å²) in [7, 11) is 0.0454. The van der Waals surface area contributed by atoms with Gasteiger partial charge in [-0.1, -0.05) is 11.6 Å². The van der Waals surface area contributed by atoms with E-state index in [9.17, 15) is 14.9 Å². The van der Waals surface area contributed by atoms with Crippen LogP contribution in [-0.2, 0) is 9.39 Å². The van der Waals surface area contributed by atoms with Crippen molar-refractivity contribution in [2.24, 2.45) is 0 Å². The summed E-state index contributed by atoms with van der Waals surface area (Å²) in [6.07, 6.45) is 0. The number of hydrogen-bond acceptors (Lipinski definition) is 5. The minimum Gasteiger partial charge on any atom is -0.465 e.